The molecule has 0 aliphatic carbocycles. The fraction of sp³-hybridized carbons (Fsp3) is 0.500. The Morgan fingerprint density at radius 1 is 1.29 bits per heavy atom. The number of benzene rings is 1. The van der Waals surface area contributed by atoms with Gasteiger partial charge in [-0.3, -0.25) is 14.9 Å². The van der Waals surface area contributed by atoms with Crippen molar-refractivity contribution in [1.82, 2.24) is 10.6 Å². The highest BCUT2D eigenvalue weighted by Crippen LogP contribution is 2.21. The Kier molecular flexibility index (Phi) is 4.96. The molecule has 1 aromatic carbocycles. The van der Waals surface area contributed by atoms with E-state index < -0.39 is 0 Å². The zero-order valence-corrected chi connectivity index (χ0v) is 12.8. The summed E-state index contributed by atoms with van der Waals surface area (Å²) in [7, 11) is 0. The fourth-order valence-electron chi connectivity index (χ4n) is 2.47. The van der Waals surface area contributed by atoms with Gasteiger partial charge in [-0.2, -0.15) is 0 Å². The molecule has 1 atom stereocenters. The number of nitrogens with zero attached hydrogens (tertiary/aromatic N) is 1. The number of amides is 2. The van der Waals surface area contributed by atoms with E-state index in [1.807, 2.05) is 36.1 Å². The van der Waals surface area contributed by atoms with Crippen molar-refractivity contribution in [3.8, 4) is 0 Å². The Labute approximate surface area is 125 Å². The second kappa shape index (κ2) is 6.72. The molecule has 0 bridgehead atoms. The van der Waals surface area contributed by atoms with Crippen molar-refractivity contribution in [3.63, 3.8) is 0 Å². The smallest absolute Gasteiger partial charge is 0.249 e. The van der Waals surface area contributed by atoms with Crippen molar-refractivity contribution in [2.75, 3.05) is 11.4 Å². The summed E-state index contributed by atoms with van der Waals surface area (Å²) in [6, 6.07) is 8.19. The van der Waals surface area contributed by atoms with Crippen molar-refractivity contribution in [3.05, 3.63) is 29.8 Å². The Balaban J connectivity index is 2.12. The average Bonchev–Trinajstić information content (AvgIpc) is 2.45. The first-order valence-electron chi connectivity index (χ1n) is 7.44. The normalized spacial score (nSPS) is 19.0. The summed E-state index contributed by atoms with van der Waals surface area (Å²) < 4.78 is 0. The van der Waals surface area contributed by atoms with E-state index in [1.165, 1.54) is 5.56 Å². The van der Waals surface area contributed by atoms with Gasteiger partial charge in [0.1, 0.15) is 6.04 Å². The van der Waals surface area contributed by atoms with Crippen LogP contribution in [-0.2, 0) is 16.1 Å². The molecule has 1 aliphatic rings. The van der Waals surface area contributed by atoms with Crippen molar-refractivity contribution >= 4 is 17.5 Å². The number of hydrogen-bond donors (Lipinski definition) is 2. The minimum absolute atomic E-state index is 0.209. The van der Waals surface area contributed by atoms with Crippen molar-refractivity contribution in [2.24, 2.45) is 0 Å². The maximum atomic E-state index is 11.9. The molecule has 1 aliphatic heterocycles. The molecule has 0 spiro atoms. The summed E-state index contributed by atoms with van der Waals surface area (Å²) in [6.45, 7) is 7.21. The number of carbonyl (C=O) groups excluding carboxylic acids is 2. The van der Waals surface area contributed by atoms with Crippen LogP contribution in [0.2, 0.25) is 0 Å². The topological polar surface area (TPSA) is 61.4 Å². The molecule has 1 heterocycles. The van der Waals surface area contributed by atoms with Crippen LogP contribution in [0, 0.1) is 0 Å². The molecule has 1 saturated heterocycles. The molecular weight excluding hydrogens is 266 g/mol. The molecule has 2 N–H and O–H groups in total. The minimum Gasteiger partial charge on any atom is -0.350 e. The number of carbonyl (C=O) groups is 2. The van der Waals surface area contributed by atoms with E-state index in [2.05, 4.69) is 24.5 Å². The predicted octanol–water partition coefficient (Wildman–Crippen LogP) is 1.43. The van der Waals surface area contributed by atoms with Gasteiger partial charge in [-0.15, -0.1) is 0 Å². The van der Waals surface area contributed by atoms with Gasteiger partial charge in [0.25, 0.3) is 0 Å². The Bertz CT molecular complexity index is 511. The van der Waals surface area contributed by atoms with Crippen molar-refractivity contribution in [1.29, 1.82) is 0 Å². The number of anilines is 1. The van der Waals surface area contributed by atoms with Crippen LogP contribution in [0.3, 0.4) is 0 Å². The molecule has 21 heavy (non-hydrogen) atoms. The van der Waals surface area contributed by atoms with E-state index in [0.717, 1.165) is 12.2 Å². The standard InChI is InChI=1S/C16H23N3O2/c1-4-14-16(21)18-15(20)10-19(14)13-7-5-12(6-8-13)9-17-11(2)3/h5-8,11,14,17H,4,9-10H2,1-3H3,(H,18,20,21). The van der Waals surface area contributed by atoms with Gasteiger partial charge in [-0.25, -0.2) is 0 Å². The Morgan fingerprint density at radius 3 is 2.52 bits per heavy atom. The number of piperazine rings is 1. The van der Waals surface area contributed by atoms with Crippen LogP contribution in [0.25, 0.3) is 0 Å². The molecule has 5 nitrogen and oxygen atoms in total. The quantitative estimate of drug-likeness (QED) is 0.805. The second-order valence-electron chi connectivity index (χ2n) is 5.67. The zero-order chi connectivity index (χ0) is 15.4. The van der Waals surface area contributed by atoms with Gasteiger partial charge in [0.2, 0.25) is 11.8 Å². The lowest BCUT2D eigenvalue weighted by molar-refractivity contribution is -0.132. The van der Waals surface area contributed by atoms with Gasteiger partial charge in [0.15, 0.2) is 0 Å². The van der Waals surface area contributed by atoms with Gasteiger partial charge < -0.3 is 10.2 Å². The third-order valence-electron chi connectivity index (χ3n) is 3.62. The Hall–Kier alpha value is -1.88. The van der Waals surface area contributed by atoms with Crippen molar-refractivity contribution < 1.29 is 9.59 Å². The van der Waals surface area contributed by atoms with Gasteiger partial charge in [-0.1, -0.05) is 32.9 Å². The molecule has 5 heteroatoms. The van der Waals surface area contributed by atoms with Gasteiger partial charge in [0.05, 0.1) is 6.54 Å². The van der Waals surface area contributed by atoms with Gasteiger partial charge in [-0.05, 0) is 24.1 Å². The average molecular weight is 289 g/mol. The summed E-state index contributed by atoms with van der Waals surface area (Å²) in [5.74, 6) is -0.449. The van der Waals surface area contributed by atoms with Crippen LogP contribution >= 0.6 is 0 Å². The van der Waals surface area contributed by atoms with Crippen LogP contribution in [-0.4, -0.2) is 30.4 Å². The summed E-state index contributed by atoms with van der Waals surface area (Å²) in [6.07, 6.45) is 0.676. The van der Waals surface area contributed by atoms with Gasteiger partial charge in [0, 0.05) is 18.3 Å². The fourth-order valence-corrected chi connectivity index (χ4v) is 2.47. The first-order chi connectivity index (χ1) is 10.0. The van der Waals surface area contributed by atoms with Crippen LogP contribution < -0.4 is 15.5 Å². The lowest BCUT2D eigenvalue weighted by Gasteiger charge is -2.35. The van der Waals surface area contributed by atoms with Crippen LogP contribution in [0.4, 0.5) is 5.69 Å². The molecule has 0 saturated carbocycles. The first-order valence-corrected chi connectivity index (χ1v) is 7.44. The highest BCUT2D eigenvalue weighted by molar-refractivity contribution is 6.04. The van der Waals surface area contributed by atoms with Crippen LogP contribution in [0.5, 0.6) is 0 Å². The monoisotopic (exact) mass is 289 g/mol. The van der Waals surface area contributed by atoms with Crippen LogP contribution in [0.15, 0.2) is 24.3 Å². The maximum absolute atomic E-state index is 11.9. The summed E-state index contributed by atoms with van der Waals surface area (Å²) in [5, 5.41) is 5.76. The minimum atomic E-state index is -0.276. The molecule has 1 unspecified atom stereocenters. The SMILES string of the molecule is CCC1C(=O)NC(=O)CN1c1ccc(CNC(C)C)cc1. The van der Waals surface area contributed by atoms with E-state index in [0.29, 0.717) is 12.5 Å². The predicted molar refractivity (Wildman–Crippen MR) is 83.0 cm³/mol. The van der Waals surface area contributed by atoms with Crippen LogP contribution in [0.1, 0.15) is 32.8 Å². The molecule has 1 fully saturated rings. The lowest BCUT2D eigenvalue weighted by Crippen LogP contribution is -2.58. The molecular formula is C16H23N3O2. The number of rotatable bonds is 5. The first kappa shape index (κ1) is 15.5. The molecule has 1 aromatic rings. The number of nitrogens with one attached hydrogen (secondary N) is 2. The molecule has 2 rings (SSSR count). The Morgan fingerprint density at radius 2 is 1.95 bits per heavy atom. The summed E-state index contributed by atoms with van der Waals surface area (Å²) in [5.41, 5.74) is 2.10. The third-order valence-corrected chi connectivity index (χ3v) is 3.62. The highest BCUT2D eigenvalue weighted by atomic mass is 16.2. The number of imide groups is 1. The van der Waals surface area contributed by atoms with E-state index in [-0.39, 0.29) is 24.4 Å². The van der Waals surface area contributed by atoms with E-state index in [9.17, 15) is 9.59 Å². The number of hydrogen-bond acceptors (Lipinski definition) is 4. The third kappa shape index (κ3) is 3.82. The van der Waals surface area contributed by atoms with E-state index >= 15 is 0 Å². The maximum Gasteiger partial charge on any atom is 0.249 e. The lowest BCUT2D eigenvalue weighted by atomic mass is 10.1. The summed E-state index contributed by atoms with van der Waals surface area (Å²) >= 11 is 0. The van der Waals surface area contributed by atoms with Crippen molar-refractivity contribution in [2.45, 2.75) is 45.8 Å². The highest BCUT2D eigenvalue weighted by Gasteiger charge is 2.32. The second-order valence-corrected chi connectivity index (χ2v) is 5.67. The van der Waals surface area contributed by atoms with Gasteiger partial charge >= 0.3 is 0 Å². The van der Waals surface area contributed by atoms with E-state index in [1.54, 1.807) is 0 Å². The molecule has 114 valence electrons. The zero-order valence-electron chi connectivity index (χ0n) is 12.8. The van der Waals surface area contributed by atoms with E-state index in [4.69, 9.17) is 0 Å². The molecule has 2 amide bonds. The molecule has 0 aromatic heterocycles. The largest absolute Gasteiger partial charge is 0.350 e. The summed E-state index contributed by atoms with van der Waals surface area (Å²) in [4.78, 5) is 25.3. The molecule has 0 radical (unpaired) electrons.